The van der Waals surface area contributed by atoms with Crippen molar-refractivity contribution in [1.29, 1.82) is 0 Å². The Hall–Kier alpha value is -2.26. The second-order valence-corrected chi connectivity index (χ2v) is 6.09. The van der Waals surface area contributed by atoms with Crippen molar-refractivity contribution in [2.24, 2.45) is 0 Å². The number of alkyl halides is 2. The first-order valence-electron chi connectivity index (χ1n) is 6.78. The molecule has 9 heteroatoms. The monoisotopic (exact) mass is 357 g/mol. The van der Waals surface area contributed by atoms with Crippen LogP contribution in [0.15, 0.2) is 42.0 Å². The number of aromatic amines is 1. The average Bonchev–Trinajstić information content (AvgIpc) is 3.20. The van der Waals surface area contributed by atoms with E-state index in [1.807, 2.05) is 0 Å². The van der Waals surface area contributed by atoms with Gasteiger partial charge in [-0.25, -0.2) is 13.8 Å². The Bertz CT molecular complexity index is 823. The van der Waals surface area contributed by atoms with Gasteiger partial charge in [0.05, 0.1) is 4.88 Å². The normalized spacial score (nSPS) is 14.5. The predicted octanol–water partition coefficient (Wildman–Crippen LogP) is 3.37. The fourth-order valence-electron chi connectivity index (χ4n) is 2.42. The molecule has 0 aliphatic heterocycles. The van der Waals surface area contributed by atoms with E-state index in [-0.39, 0.29) is 5.82 Å². The zero-order valence-corrected chi connectivity index (χ0v) is 12.8. The molecule has 24 heavy (non-hydrogen) atoms. The Morgan fingerprint density at radius 3 is 2.58 bits per heavy atom. The summed E-state index contributed by atoms with van der Waals surface area (Å²) in [6.45, 7) is 0. The van der Waals surface area contributed by atoms with Crippen molar-refractivity contribution in [2.75, 3.05) is 0 Å². The quantitative estimate of drug-likeness (QED) is 0.689. The second-order valence-electron chi connectivity index (χ2n) is 5.15. The van der Waals surface area contributed by atoms with Crippen LogP contribution in [0.3, 0.4) is 0 Å². The van der Waals surface area contributed by atoms with Gasteiger partial charge in [0.15, 0.2) is 5.60 Å². The maximum atomic E-state index is 15.0. The van der Waals surface area contributed by atoms with Crippen LogP contribution < -0.4 is 0 Å². The summed E-state index contributed by atoms with van der Waals surface area (Å²) in [4.78, 5) is 3.26. The second kappa shape index (κ2) is 5.99. The summed E-state index contributed by atoms with van der Waals surface area (Å²) < 4.78 is 57.4. The molecular weight excluding hydrogens is 346 g/mol. The lowest BCUT2D eigenvalue weighted by Gasteiger charge is -2.35. The van der Waals surface area contributed by atoms with Crippen LogP contribution in [0.25, 0.3) is 0 Å². The number of halogens is 4. The molecule has 2 heterocycles. The number of nitrogens with zero attached hydrogens (tertiary/aromatic N) is 2. The van der Waals surface area contributed by atoms with Crippen LogP contribution in [0.4, 0.5) is 17.6 Å². The van der Waals surface area contributed by atoms with Crippen molar-refractivity contribution in [3.63, 3.8) is 0 Å². The van der Waals surface area contributed by atoms with Crippen LogP contribution >= 0.6 is 11.3 Å². The third-order valence-corrected chi connectivity index (χ3v) is 4.55. The van der Waals surface area contributed by atoms with Crippen LogP contribution in [0, 0.1) is 11.6 Å². The van der Waals surface area contributed by atoms with Gasteiger partial charge in [-0.1, -0.05) is 12.1 Å². The highest BCUT2D eigenvalue weighted by Gasteiger charge is 2.57. The molecule has 1 unspecified atom stereocenters. The Balaban J connectivity index is 2.17. The average molecular weight is 357 g/mol. The van der Waals surface area contributed by atoms with Gasteiger partial charge >= 0.3 is 5.92 Å². The first kappa shape index (κ1) is 16.6. The van der Waals surface area contributed by atoms with Crippen molar-refractivity contribution in [2.45, 2.75) is 17.9 Å². The lowest BCUT2D eigenvalue weighted by atomic mass is 9.82. The summed E-state index contributed by atoms with van der Waals surface area (Å²) in [6.07, 6.45) is 0.348. The molecule has 1 aromatic carbocycles. The topological polar surface area (TPSA) is 61.8 Å². The molecule has 0 amide bonds. The van der Waals surface area contributed by atoms with Gasteiger partial charge in [0.25, 0.3) is 0 Å². The third-order valence-electron chi connectivity index (χ3n) is 3.61. The number of hydrogen-bond acceptors (Lipinski definition) is 4. The zero-order chi connectivity index (χ0) is 17.4. The van der Waals surface area contributed by atoms with E-state index >= 15 is 8.78 Å². The maximum Gasteiger partial charge on any atom is 0.314 e. The minimum Gasteiger partial charge on any atom is -0.378 e. The smallest absolute Gasteiger partial charge is 0.314 e. The summed E-state index contributed by atoms with van der Waals surface area (Å²) in [7, 11) is 0. The maximum absolute atomic E-state index is 15.0. The number of nitrogens with one attached hydrogen (secondary N) is 1. The van der Waals surface area contributed by atoms with E-state index in [0.29, 0.717) is 6.07 Å². The molecule has 3 rings (SSSR count). The number of hydrogen-bond donors (Lipinski definition) is 2. The lowest BCUT2D eigenvalue weighted by molar-refractivity contribution is -0.195. The van der Waals surface area contributed by atoms with Crippen LogP contribution in [0.2, 0.25) is 0 Å². The summed E-state index contributed by atoms with van der Waals surface area (Å²) in [5, 5.41) is 18.1. The molecule has 0 saturated carbocycles. The molecule has 0 aliphatic rings. The van der Waals surface area contributed by atoms with E-state index in [1.54, 1.807) is 0 Å². The molecule has 0 fully saturated rings. The largest absolute Gasteiger partial charge is 0.378 e. The molecule has 2 N–H and O–H groups in total. The molecule has 4 nitrogen and oxygen atoms in total. The van der Waals surface area contributed by atoms with Crippen LogP contribution in [-0.2, 0) is 17.9 Å². The van der Waals surface area contributed by atoms with Gasteiger partial charge in [-0.05, 0) is 17.5 Å². The van der Waals surface area contributed by atoms with Gasteiger partial charge in [0.1, 0.15) is 23.8 Å². The molecule has 126 valence electrons. The van der Waals surface area contributed by atoms with Gasteiger partial charge < -0.3 is 5.11 Å². The molecule has 2 aromatic heterocycles. The van der Waals surface area contributed by atoms with Gasteiger partial charge in [0, 0.05) is 18.1 Å². The molecule has 1 atom stereocenters. The van der Waals surface area contributed by atoms with Gasteiger partial charge in [-0.2, -0.15) is 13.9 Å². The molecule has 3 aromatic rings. The van der Waals surface area contributed by atoms with E-state index in [9.17, 15) is 13.9 Å². The number of aromatic nitrogens is 3. The Labute approximate surface area is 137 Å². The first-order chi connectivity index (χ1) is 11.3. The fraction of sp³-hybridized carbons (Fsp3) is 0.200. The van der Waals surface area contributed by atoms with E-state index in [0.717, 1.165) is 35.9 Å². The van der Waals surface area contributed by atoms with Gasteiger partial charge in [0.2, 0.25) is 0 Å². The van der Waals surface area contributed by atoms with E-state index < -0.39 is 40.0 Å². The zero-order valence-electron chi connectivity index (χ0n) is 12.0. The SMILES string of the molecule is OC(Cc1ncn[nH]1)(c1ccc(F)cc1F)C(F)(F)c1cccs1. The van der Waals surface area contributed by atoms with E-state index in [4.69, 9.17) is 0 Å². The molecule has 0 bridgehead atoms. The minimum absolute atomic E-state index is 0.0579. The fourth-order valence-corrected chi connectivity index (χ4v) is 3.20. The van der Waals surface area contributed by atoms with E-state index in [1.165, 1.54) is 11.4 Å². The summed E-state index contributed by atoms with van der Waals surface area (Å²) in [5.41, 5.74) is -3.70. The Kier molecular flexibility index (Phi) is 4.14. The number of benzene rings is 1. The minimum atomic E-state index is -3.84. The first-order valence-corrected chi connectivity index (χ1v) is 7.66. The molecule has 0 spiro atoms. The van der Waals surface area contributed by atoms with Gasteiger partial charge in [-0.3, -0.25) is 5.10 Å². The predicted molar refractivity (Wildman–Crippen MR) is 78.6 cm³/mol. The molecule has 0 saturated heterocycles. The van der Waals surface area contributed by atoms with Crippen molar-refractivity contribution in [3.8, 4) is 0 Å². The molecule has 0 radical (unpaired) electrons. The Morgan fingerprint density at radius 2 is 2.00 bits per heavy atom. The third kappa shape index (κ3) is 2.69. The lowest BCUT2D eigenvalue weighted by Crippen LogP contribution is -2.45. The highest BCUT2D eigenvalue weighted by molar-refractivity contribution is 7.10. The van der Waals surface area contributed by atoms with Crippen LogP contribution in [0.1, 0.15) is 16.3 Å². The van der Waals surface area contributed by atoms with Crippen molar-refractivity contribution in [3.05, 3.63) is 69.9 Å². The number of rotatable bonds is 5. The highest BCUT2D eigenvalue weighted by atomic mass is 32.1. The number of aliphatic hydroxyl groups is 1. The van der Waals surface area contributed by atoms with Gasteiger partial charge in [-0.15, -0.1) is 11.3 Å². The van der Waals surface area contributed by atoms with Crippen molar-refractivity contribution < 1.29 is 22.7 Å². The van der Waals surface area contributed by atoms with Crippen molar-refractivity contribution in [1.82, 2.24) is 15.2 Å². The summed E-state index contributed by atoms with van der Waals surface area (Å²) in [6, 6.07) is 4.60. The number of thiophene rings is 1. The highest BCUT2D eigenvalue weighted by Crippen LogP contribution is 2.49. The standard InChI is InChI=1S/C15H11F4N3OS/c16-9-3-4-10(11(17)6-9)14(23,7-13-20-8-21-22-13)15(18,19)12-2-1-5-24-12/h1-6,8,23H,7H2,(H,20,21,22). The van der Waals surface area contributed by atoms with Crippen LogP contribution in [0.5, 0.6) is 0 Å². The summed E-state index contributed by atoms with van der Waals surface area (Å²) >= 11 is 0.720. The van der Waals surface area contributed by atoms with Crippen molar-refractivity contribution >= 4 is 11.3 Å². The number of H-pyrrole nitrogens is 1. The Morgan fingerprint density at radius 1 is 1.21 bits per heavy atom. The summed E-state index contributed by atoms with van der Waals surface area (Å²) in [5.74, 6) is -6.10. The van der Waals surface area contributed by atoms with E-state index in [2.05, 4.69) is 15.2 Å². The molecular formula is C15H11F4N3OS. The molecule has 0 aliphatic carbocycles. The van der Waals surface area contributed by atoms with Crippen LogP contribution in [-0.4, -0.2) is 20.3 Å².